The molecule has 0 aromatic heterocycles. The Bertz CT molecular complexity index is 257. The predicted octanol–water partition coefficient (Wildman–Crippen LogP) is -1.65. The van der Waals surface area contributed by atoms with Gasteiger partial charge in [0.2, 0.25) is 0 Å². The molecule has 2 N–H and O–H groups in total. The van der Waals surface area contributed by atoms with E-state index in [2.05, 4.69) is 0 Å². The summed E-state index contributed by atoms with van der Waals surface area (Å²) in [6.07, 6.45) is 0. The van der Waals surface area contributed by atoms with Gasteiger partial charge in [0.15, 0.2) is 0 Å². The summed E-state index contributed by atoms with van der Waals surface area (Å²) in [4.78, 5) is 49.7. The van der Waals surface area contributed by atoms with Gasteiger partial charge in [0, 0.05) is 0 Å². The van der Waals surface area contributed by atoms with Crippen LogP contribution >= 0.6 is 0 Å². The van der Waals surface area contributed by atoms with E-state index in [1.54, 1.807) is 0 Å². The summed E-state index contributed by atoms with van der Waals surface area (Å²) in [5.74, 6) is 0. The van der Waals surface area contributed by atoms with Crippen LogP contribution in [-0.2, 0) is 0 Å². The second kappa shape index (κ2) is 37.1. The Morgan fingerprint density at radius 1 is 0.400 bits per heavy atom. The minimum atomic E-state index is -1.75. The standard InChI is InChI=1S/Ce.2HNO3.4NO3/c;6*2-1(3)4/h;2*(H,2,3,4);;;;/q+4;;;4*-1. The van der Waals surface area contributed by atoms with E-state index in [4.69, 9.17) is 91.9 Å². The molecule has 0 saturated carbocycles. The van der Waals surface area contributed by atoms with E-state index in [-0.39, 0.29) is 41.7 Å². The minimum absolute atomic E-state index is 0. The van der Waals surface area contributed by atoms with E-state index in [0.717, 1.165) is 0 Å². The van der Waals surface area contributed by atoms with Gasteiger partial charge in [0.05, 0.1) is 20.3 Å². The first-order valence-corrected chi connectivity index (χ1v) is 3.32. The van der Waals surface area contributed by atoms with Gasteiger partial charge in [-0.3, -0.25) is 0 Å². The van der Waals surface area contributed by atoms with Crippen LogP contribution in [0.15, 0.2) is 0 Å². The maximum absolute atomic E-state index is 8.36. The van der Waals surface area contributed by atoms with Crippen LogP contribution in [0.3, 0.4) is 0 Å². The first-order chi connectivity index (χ1) is 10.4. The van der Waals surface area contributed by atoms with Crippen LogP contribution in [0, 0.1) is 123 Å². The van der Waals surface area contributed by atoms with Crippen LogP contribution in [-0.4, -0.2) is 40.9 Å². The molecule has 0 bridgehead atoms. The Kier molecular flexibility index (Phi) is 63.8. The molecule has 0 spiro atoms. The van der Waals surface area contributed by atoms with Gasteiger partial charge < -0.3 is 71.7 Å². The molecule has 0 aliphatic carbocycles. The van der Waals surface area contributed by atoms with E-state index < -0.39 is 30.5 Å². The molecular weight excluding hydrogens is 512 g/mol. The summed E-state index contributed by atoms with van der Waals surface area (Å²) in [6, 6.07) is 0. The van der Waals surface area contributed by atoms with E-state index in [1.165, 1.54) is 0 Å². The average molecular weight is 514 g/mol. The molecule has 0 fully saturated rings. The molecule has 0 rings (SSSR count). The largest absolute Gasteiger partial charge is 4.00 e. The third-order valence-electron chi connectivity index (χ3n) is 0. The fraction of sp³-hybridized carbons (Fsp3) is 0. The molecule has 0 aromatic rings. The monoisotopic (exact) mass is 514 g/mol. The van der Waals surface area contributed by atoms with Crippen molar-refractivity contribution in [3.8, 4) is 0 Å². The smallest absolute Gasteiger partial charge is 0.356 e. The molecule has 0 amide bonds. The Balaban J connectivity index is -0.0000000309. The molecule has 0 aromatic carbocycles. The number of hydrogen-bond acceptors (Lipinski definition) is 16. The summed E-state index contributed by atoms with van der Waals surface area (Å²) in [6.45, 7) is 0. The van der Waals surface area contributed by atoms with Gasteiger partial charge >= 0.3 is 41.7 Å². The predicted molar refractivity (Wildman–Crippen MR) is 59.0 cm³/mol. The summed E-state index contributed by atoms with van der Waals surface area (Å²) in [5.41, 5.74) is 0. The van der Waals surface area contributed by atoms with Crippen LogP contribution < -0.4 is 0 Å². The van der Waals surface area contributed by atoms with E-state index in [9.17, 15) is 0 Å². The third-order valence-corrected chi connectivity index (χ3v) is 0. The molecule has 0 atom stereocenters. The molecule has 0 aliphatic rings. The number of nitrogens with zero attached hydrogens (tertiary/aromatic N) is 6. The van der Waals surface area contributed by atoms with Crippen LogP contribution in [0.4, 0.5) is 0 Å². The molecular formula is H2CeN6O18. The van der Waals surface area contributed by atoms with Gasteiger partial charge in [-0.1, -0.05) is 0 Å². The van der Waals surface area contributed by atoms with Crippen molar-refractivity contribution in [1.29, 1.82) is 0 Å². The second-order valence-corrected chi connectivity index (χ2v) is 1.37. The molecule has 0 unspecified atom stereocenters. The van der Waals surface area contributed by atoms with Gasteiger partial charge in [-0.2, -0.15) is 0 Å². The second-order valence-electron chi connectivity index (χ2n) is 1.37. The summed E-state index contributed by atoms with van der Waals surface area (Å²) < 4.78 is 0. The first kappa shape index (κ1) is 43.0. The van der Waals surface area contributed by atoms with Crippen molar-refractivity contribution in [2.24, 2.45) is 0 Å². The maximum atomic E-state index is 8.36. The Morgan fingerprint density at radius 3 is 0.400 bits per heavy atom. The Morgan fingerprint density at radius 2 is 0.400 bits per heavy atom. The summed E-state index contributed by atoms with van der Waals surface area (Å²) in [5, 5.41) is 86.3. The van der Waals surface area contributed by atoms with Gasteiger partial charge in [0.25, 0.3) is 10.2 Å². The molecule has 25 heavy (non-hydrogen) atoms. The van der Waals surface area contributed by atoms with Crippen LogP contribution in [0.25, 0.3) is 0 Å². The quantitative estimate of drug-likeness (QED) is 0.270. The number of rotatable bonds is 0. The summed E-state index contributed by atoms with van der Waals surface area (Å²) in [7, 11) is 0. The topological polar surface area (TPSA) is 392 Å². The van der Waals surface area contributed by atoms with Crippen molar-refractivity contribution >= 4 is 0 Å². The molecule has 144 valence electrons. The van der Waals surface area contributed by atoms with Crippen LogP contribution in [0.2, 0.25) is 0 Å². The van der Waals surface area contributed by atoms with Crippen molar-refractivity contribution in [2.45, 2.75) is 0 Å². The van der Waals surface area contributed by atoms with Crippen molar-refractivity contribution in [3.63, 3.8) is 0 Å². The third kappa shape index (κ3) is 606. The van der Waals surface area contributed by atoms with Crippen molar-refractivity contribution in [3.05, 3.63) is 81.5 Å². The van der Waals surface area contributed by atoms with Gasteiger partial charge in [-0.15, -0.1) is 20.2 Å². The maximum Gasteiger partial charge on any atom is 4.00 e. The first-order valence-electron chi connectivity index (χ1n) is 3.32. The van der Waals surface area contributed by atoms with Gasteiger partial charge in [-0.25, -0.2) is 0 Å². The average Bonchev–Trinajstić information content (AvgIpc) is 2.08. The zero-order valence-corrected chi connectivity index (χ0v) is 13.7. The normalized spacial score (nSPS) is 5.76. The molecule has 0 heterocycles. The van der Waals surface area contributed by atoms with E-state index in [0.29, 0.717) is 0 Å². The molecule has 0 radical (unpaired) electrons. The fourth-order valence-corrected chi connectivity index (χ4v) is 0. The fourth-order valence-electron chi connectivity index (χ4n) is 0. The van der Waals surface area contributed by atoms with Crippen LogP contribution in [0.5, 0.6) is 0 Å². The van der Waals surface area contributed by atoms with Crippen LogP contribution in [0.1, 0.15) is 0 Å². The molecule has 24 nitrogen and oxygen atoms in total. The Hall–Kier alpha value is -3.42. The van der Waals surface area contributed by atoms with Gasteiger partial charge in [0.1, 0.15) is 0 Å². The van der Waals surface area contributed by atoms with Crippen molar-refractivity contribution in [1.82, 2.24) is 0 Å². The zero-order valence-electron chi connectivity index (χ0n) is 10.6. The van der Waals surface area contributed by atoms with Crippen molar-refractivity contribution in [2.75, 3.05) is 0 Å². The SMILES string of the molecule is O=[N+]([O-])O.O=[N+]([O-])O.O=[N+]([O-])[O-].O=[N+]([O-])[O-].O=[N+]([O-])[O-].O=[N+]([O-])[O-].[Ce+4]. The minimum Gasteiger partial charge on any atom is -0.356 e. The van der Waals surface area contributed by atoms with Gasteiger partial charge in [-0.05, 0) is 0 Å². The molecule has 25 heteroatoms. The summed E-state index contributed by atoms with van der Waals surface area (Å²) >= 11 is 0. The number of hydrogen-bond donors (Lipinski definition) is 2. The molecule has 0 saturated heterocycles. The molecule has 0 aliphatic heterocycles. The van der Waals surface area contributed by atoms with E-state index in [1.807, 2.05) is 0 Å². The zero-order chi connectivity index (χ0) is 21.5. The van der Waals surface area contributed by atoms with E-state index >= 15 is 0 Å². The van der Waals surface area contributed by atoms with Crippen molar-refractivity contribution < 1.29 is 82.7 Å². The Labute approximate surface area is 164 Å².